The Morgan fingerprint density at radius 1 is 0.794 bits per heavy atom. The molecule has 0 aromatic heterocycles. The van der Waals surface area contributed by atoms with Crippen LogP contribution in [0.3, 0.4) is 0 Å². The first-order chi connectivity index (χ1) is 15.8. The van der Waals surface area contributed by atoms with E-state index < -0.39 is 72.1 Å². The fourth-order valence-corrected chi connectivity index (χ4v) is 3.17. The third-order valence-corrected chi connectivity index (χ3v) is 5.12. The second-order valence-electron chi connectivity index (χ2n) is 8.75. The van der Waals surface area contributed by atoms with Crippen molar-refractivity contribution in [1.29, 1.82) is 0 Å². The van der Waals surface area contributed by atoms with Crippen LogP contribution in [0.5, 0.6) is 0 Å². The zero-order chi connectivity index (χ0) is 26.0. The lowest BCUT2D eigenvalue weighted by Crippen LogP contribution is -2.59. The van der Waals surface area contributed by atoms with Gasteiger partial charge in [0.1, 0.15) is 18.1 Å². The molecule has 0 saturated carbocycles. The Hall–Kier alpha value is -3.47. The quantitative estimate of drug-likeness (QED) is 0.226. The highest BCUT2D eigenvalue weighted by Gasteiger charge is 2.33. The van der Waals surface area contributed by atoms with Crippen molar-refractivity contribution in [3.05, 3.63) is 35.9 Å². The number of rotatable bonds is 13. The van der Waals surface area contributed by atoms with Crippen molar-refractivity contribution in [2.45, 2.75) is 64.7 Å². The van der Waals surface area contributed by atoms with Gasteiger partial charge in [-0.05, 0) is 23.8 Å². The van der Waals surface area contributed by atoms with Gasteiger partial charge in [0.05, 0.1) is 12.5 Å². The van der Waals surface area contributed by atoms with Gasteiger partial charge < -0.3 is 31.9 Å². The monoisotopic (exact) mass is 478 g/mol. The highest BCUT2D eigenvalue weighted by molar-refractivity contribution is 5.95. The molecule has 34 heavy (non-hydrogen) atoms. The summed E-state index contributed by atoms with van der Waals surface area (Å²) in [5.74, 6) is -5.86. The van der Waals surface area contributed by atoms with E-state index in [0.717, 1.165) is 5.56 Å². The molecule has 0 aliphatic heterocycles. The Labute approximate surface area is 198 Å². The lowest BCUT2D eigenvalue weighted by atomic mass is 10.00. The Balaban J connectivity index is 2.93. The van der Waals surface area contributed by atoms with Crippen molar-refractivity contribution in [3.63, 3.8) is 0 Å². The number of nitrogens with two attached hydrogens (primary N) is 1. The van der Waals surface area contributed by atoms with Gasteiger partial charge in [-0.3, -0.25) is 19.2 Å². The van der Waals surface area contributed by atoms with Crippen LogP contribution < -0.4 is 21.7 Å². The molecule has 3 amide bonds. The maximum absolute atomic E-state index is 12.9. The van der Waals surface area contributed by atoms with Crippen LogP contribution in [0.1, 0.15) is 39.7 Å². The van der Waals surface area contributed by atoms with Crippen LogP contribution >= 0.6 is 0 Å². The van der Waals surface area contributed by atoms with Gasteiger partial charge in [-0.1, -0.05) is 58.0 Å². The lowest BCUT2D eigenvalue weighted by molar-refractivity contribution is -0.144. The topological polar surface area (TPSA) is 188 Å². The van der Waals surface area contributed by atoms with E-state index in [9.17, 15) is 34.2 Å². The molecule has 0 spiro atoms. The molecule has 0 aliphatic rings. The van der Waals surface area contributed by atoms with E-state index >= 15 is 0 Å². The average Bonchev–Trinajstić information content (AvgIpc) is 2.74. The number of carbonyl (C=O) groups excluding carboxylic acids is 3. The van der Waals surface area contributed by atoms with Gasteiger partial charge in [-0.25, -0.2) is 4.79 Å². The highest BCUT2D eigenvalue weighted by atomic mass is 16.4. The van der Waals surface area contributed by atoms with Crippen LogP contribution in [0.15, 0.2) is 30.3 Å². The highest BCUT2D eigenvalue weighted by Crippen LogP contribution is 2.08. The average molecular weight is 479 g/mol. The Morgan fingerprint density at radius 3 is 1.79 bits per heavy atom. The summed E-state index contributed by atoms with van der Waals surface area (Å²) in [7, 11) is 0. The zero-order valence-corrected chi connectivity index (χ0v) is 19.8. The van der Waals surface area contributed by atoms with Crippen molar-refractivity contribution < 1.29 is 34.2 Å². The minimum atomic E-state index is -1.54. The fraction of sp³-hybridized carbons (Fsp3) is 0.522. The molecule has 188 valence electrons. The first-order valence-corrected chi connectivity index (χ1v) is 11.0. The number of carboxylic acids is 2. The van der Waals surface area contributed by atoms with E-state index in [0.29, 0.717) is 0 Å². The summed E-state index contributed by atoms with van der Waals surface area (Å²) in [6.07, 6.45) is -0.525. The van der Waals surface area contributed by atoms with Gasteiger partial charge in [-0.15, -0.1) is 0 Å². The lowest BCUT2D eigenvalue weighted by Gasteiger charge is -2.27. The summed E-state index contributed by atoms with van der Waals surface area (Å²) in [5.41, 5.74) is 6.82. The Bertz CT molecular complexity index is 873. The van der Waals surface area contributed by atoms with E-state index in [2.05, 4.69) is 16.0 Å². The van der Waals surface area contributed by atoms with Gasteiger partial charge in [0.15, 0.2) is 0 Å². The minimum absolute atomic E-state index is 0.245. The van der Waals surface area contributed by atoms with Gasteiger partial charge in [0.25, 0.3) is 0 Å². The fourth-order valence-electron chi connectivity index (χ4n) is 3.17. The van der Waals surface area contributed by atoms with Crippen LogP contribution in [0.4, 0.5) is 0 Å². The summed E-state index contributed by atoms with van der Waals surface area (Å²) in [4.78, 5) is 60.7. The van der Waals surface area contributed by atoms with Crippen molar-refractivity contribution in [2.75, 3.05) is 0 Å². The standard InChI is InChI=1S/C23H34N4O7/c1-12(2)18(26-20(30)15(24)10-14-8-6-5-7-9-14)22(32)25-16(11-17(28)29)21(31)27-19(13(3)4)23(33)34/h5-9,12-13,15-16,18-19H,10-11,24H2,1-4H3,(H,25,32)(H,26,30)(H,27,31)(H,28,29)(H,33,34). The zero-order valence-electron chi connectivity index (χ0n) is 19.8. The molecule has 11 nitrogen and oxygen atoms in total. The Morgan fingerprint density at radius 2 is 1.32 bits per heavy atom. The molecule has 0 saturated heterocycles. The maximum atomic E-state index is 12.9. The number of amides is 3. The molecule has 4 unspecified atom stereocenters. The maximum Gasteiger partial charge on any atom is 0.326 e. The third-order valence-electron chi connectivity index (χ3n) is 5.12. The summed E-state index contributed by atoms with van der Waals surface area (Å²) < 4.78 is 0. The van der Waals surface area contributed by atoms with Crippen molar-refractivity contribution >= 4 is 29.7 Å². The molecule has 11 heteroatoms. The second-order valence-corrected chi connectivity index (χ2v) is 8.75. The van der Waals surface area contributed by atoms with Gasteiger partial charge in [0.2, 0.25) is 17.7 Å². The van der Waals surface area contributed by atoms with Crippen LogP contribution in [-0.2, 0) is 30.4 Å². The molecular formula is C23H34N4O7. The van der Waals surface area contributed by atoms with E-state index in [-0.39, 0.29) is 6.42 Å². The molecule has 4 atom stereocenters. The third kappa shape index (κ3) is 9.18. The molecule has 7 N–H and O–H groups in total. The summed E-state index contributed by atoms with van der Waals surface area (Å²) in [5, 5.41) is 25.6. The van der Waals surface area contributed by atoms with E-state index in [1.807, 2.05) is 30.3 Å². The molecule has 0 aliphatic carbocycles. The van der Waals surface area contributed by atoms with Crippen molar-refractivity contribution in [3.8, 4) is 0 Å². The van der Waals surface area contributed by atoms with Gasteiger partial charge >= 0.3 is 11.9 Å². The summed E-state index contributed by atoms with van der Waals surface area (Å²) in [6, 6.07) is 4.25. The first-order valence-electron chi connectivity index (χ1n) is 11.0. The molecule has 0 heterocycles. The molecule has 1 aromatic rings. The molecule has 0 bridgehead atoms. The molecular weight excluding hydrogens is 444 g/mol. The molecule has 0 fully saturated rings. The SMILES string of the molecule is CC(C)C(NC(=O)C(CC(=O)O)NC(=O)C(NC(=O)C(N)Cc1ccccc1)C(C)C)C(=O)O. The number of hydrogen-bond donors (Lipinski definition) is 6. The van der Waals surface area contributed by atoms with E-state index in [4.69, 9.17) is 5.73 Å². The second kappa shape index (κ2) is 13.3. The predicted octanol–water partition coefficient (Wildman–Crippen LogP) is -0.118. The number of carboxylic acid groups (broad SMARTS) is 2. The number of carbonyl (C=O) groups is 5. The van der Waals surface area contributed by atoms with Crippen LogP contribution in [0.2, 0.25) is 0 Å². The number of benzene rings is 1. The van der Waals surface area contributed by atoms with Gasteiger partial charge in [-0.2, -0.15) is 0 Å². The van der Waals surface area contributed by atoms with Crippen LogP contribution in [0.25, 0.3) is 0 Å². The van der Waals surface area contributed by atoms with Crippen LogP contribution in [-0.4, -0.2) is 64.0 Å². The number of hydrogen-bond acceptors (Lipinski definition) is 6. The van der Waals surface area contributed by atoms with Crippen molar-refractivity contribution in [2.24, 2.45) is 17.6 Å². The minimum Gasteiger partial charge on any atom is -0.481 e. The Kier molecular flexibility index (Phi) is 11.2. The molecule has 1 rings (SSSR count). The smallest absolute Gasteiger partial charge is 0.326 e. The van der Waals surface area contributed by atoms with E-state index in [1.54, 1.807) is 27.7 Å². The van der Waals surface area contributed by atoms with Crippen LogP contribution in [0, 0.1) is 11.8 Å². The molecule has 1 aromatic carbocycles. The normalized spacial score (nSPS) is 14.6. The first kappa shape index (κ1) is 28.6. The van der Waals surface area contributed by atoms with Gasteiger partial charge in [0, 0.05) is 0 Å². The number of nitrogens with one attached hydrogen (secondary N) is 3. The summed E-state index contributed by atoms with van der Waals surface area (Å²) >= 11 is 0. The predicted molar refractivity (Wildman–Crippen MR) is 123 cm³/mol. The molecule has 0 radical (unpaired) electrons. The van der Waals surface area contributed by atoms with E-state index in [1.165, 1.54) is 0 Å². The summed E-state index contributed by atoms with van der Waals surface area (Å²) in [6.45, 7) is 6.48. The largest absolute Gasteiger partial charge is 0.481 e. The number of aliphatic carboxylic acids is 2. The van der Waals surface area contributed by atoms with Crippen molar-refractivity contribution in [1.82, 2.24) is 16.0 Å².